The van der Waals surface area contributed by atoms with E-state index < -0.39 is 0 Å². The number of primary amides is 1. The number of carbonyl (C=O) groups excluding carboxylic acids is 2. The molecule has 29 heavy (non-hydrogen) atoms. The van der Waals surface area contributed by atoms with Gasteiger partial charge in [0.2, 0.25) is 12.3 Å². The highest BCUT2D eigenvalue weighted by atomic mass is 16.5. The number of carbonyl (C=O) groups is 2. The van der Waals surface area contributed by atoms with E-state index in [9.17, 15) is 4.79 Å². The monoisotopic (exact) mass is 407 g/mol. The molecule has 2 rings (SSSR count). The first-order chi connectivity index (χ1) is 14.1. The minimum Gasteiger partial charge on any atom is -0.379 e. The predicted octanol–water partition coefficient (Wildman–Crippen LogP) is 3.28. The lowest BCUT2D eigenvalue weighted by molar-refractivity contribution is -0.120. The Balaban J connectivity index is 0.000000736. The van der Waals surface area contributed by atoms with Gasteiger partial charge in [0.15, 0.2) is 0 Å². The van der Waals surface area contributed by atoms with Crippen LogP contribution < -0.4 is 11.1 Å². The van der Waals surface area contributed by atoms with E-state index in [0.29, 0.717) is 13.0 Å². The second-order valence-electron chi connectivity index (χ2n) is 6.99. The first-order valence-corrected chi connectivity index (χ1v) is 10.9. The molecule has 0 atom stereocenters. The quantitative estimate of drug-likeness (QED) is 0.486. The third-order valence-corrected chi connectivity index (χ3v) is 4.61. The van der Waals surface area contributed by atoms with Crippen molar-refractivity contribution in [3.05, 3.63) is 35.4 Å². The fourth-order valence-corrected chi connectivity index (χ4v) is 2.76. The summed E-state index contributed by atoms with van der Waals surface area (Å²) in [5.74, 6) is 0.0985. The molecule has 6 nitrogen and oxygen atoms in total. The normalized spacial score (nSPS) is 13.3. The number of hydrogen-bond acceptors (Lipinski definition) is 4. The van der Waals surface area contributed by atoms with Crippen LogP contribution in [-0.4, -0.2) is 50.1 Å². The van der Waals surface area contributed by atoms with Gasteiger partial charge in [-0.05, 0) is 17.5 Å². The maximum atomic E-state index is 11.2. The molecule has 2 amide bonds. The Labute approximate surface area is 177 Å². The van der Waals surface area contributed by atoms with Gasteiger partial charge >= 0.3 is 0 Å². The molecule has 1 aliphatic heterocycles. The van der Waals surface area contributed by atoms with Crippen molar-refractivity contribution in [2.24, 2.45) is 5.73 Å². The van der Waals surface area contributed by atoms with Crippen molar-refractivity contribution < 1.29 is 14.3 Å². The van der Waals surface area contributed by atoms with Crippen molar-refractivity contribution in [3.8, 4) is 0 Å². The fourth-order valence-electron chi connectivity index (χ4n) is 2.76. The molecule has 0 unspecified atom stereocenters. The van der Waals surface area contributed by atoms with Crippen molar-refractivity contribution in [2.45, 2.75) is 65.8 Å². The Morgan fingerprint density at radius 1 is 1.07 bits per heavy atom. The number of morpholine rings is 1. The Kier molecular flexibility index (Phi) is 18.1. The summed E-state index contributed by atoms with van der Waals surface area (Å²) in [5, 5.41) is 2.89. The molecule has 0 saturated carbocycles. The molecule has 3 N–H and O–H groups in total. The van der Waals surface area contributed by atoms with Gasteiger partial charge in [-0.25, -0.2) is 0 Å². The van der Waals surface area contributed by atoms with E-state index in [-0.39, 0.29) is 12.3 Å². The van der Waals surface area contributed by atoms with Gasteiger partial charge in [-0.2, -0.15) is 0 Å². The molecule has 166 valence electrons. The van der Waals surface area contributed by atoms with Crippen LogP contribution in [0.5, 0.6) is 0 Å². The van der Waals surface area contributed by atoms with E-state index in [4.69, 9.17) is 9.53 Å². The van der Waals surface area contributed by atoms with Crippen LogP contribution in [0.3, 0.4) is 0 Å². The number of ether oxygens (including phenoxy) is 1. The molecule has 0 aliphatic carbocycles. The lowest BCUT2D eigenvalue weighted by atomic mass is 10.1. The van der Waals surface area contributed by atoms with Crippen LogP contribution in [0.4, 0.5) is 0 Å². The van der Waals surface area contributed by atoms with Crippen molar-refractivity contribution in [2.75, 3.05) is 32.8 Å². The Bertz CT molecular complexity index is 511. The summed E-state index contributed by atoms with van der Waals surface area (Å²) >= 11 is 0. The average molecular weight is 408 g/mol. The Morgan fingerprint density at radius 2 is 1.59 bits per heavy atom. The van der Waals surface area contributed by atoms with Crippen molar-refractivity contribution in [3.63, 3.8) is 0 Å². The molecule has 0 radical (unpaired) electrons. The van der Waals surface area contributed by atoms with Crippen LogP contribution in [0.15, 0.2) is 24.3 Å². The molecule has 1 fully saturated rings. The number of unbranched alkanes of at least 4 members (excludes halogenated alkanes) is 3. The van der Waals surface area contributed by atoms with Gasteiger partial charge in [0.1, 0.15) is 0 Å². The number of hydrogen-bond donors (Lipinski definition) is 2. The summed E-state index contributed by atoms with van der Waals surface area (Å²) in [7, 11) is 0. The fraction of sp³-hybridized carbons (Fsp3) is 0.652. The maximum absolute atomic E-state index is 11.2. The topological polar surface area (TPSA) is 84.7 Å². The van der Waals surface area contributed by atoms with Crippen LogP contribution in [0.25, 0.3) is 0 Å². The number of amides is 2. The molecular weight excluding hydrogens is 366 g/mol. The molecule has 1 aromatic carbocycles. The summed E-state index contributed by atoms with van der Waals surface area (Å²) in [6.07, 6.45) is 7.40. The number of benzene rings is 1. The van der Waals surface area contributed by atoms with Crippen LogP contribution in [0, 0.1) is 0 Å². The van der Waals surface area contributed by atoms with E-state index >= 15 is 0 Å². The second kappa shape index (κ2) is 19.4. The highest BCUT2D eigenvalue weighted by Crippen LogP contribution is 2.07. The van der Waals surface area contributed by atoms with E-state index in [1.54, 1.807) is 0 Å². The highest BCUT2D eigenvalue weighted by Gasteiger charge is 2.09. The lowest BCUT2D eigenvalue weighted by Crippen LogP contribution is -2.37. The van der Waals surface area contributed by atoms with Crippen molar-refractivity contribution in [1.29, 1.82) is 0 Å². The summed E-state index contributed by atoms with van der Waals surface area (Å²) < 4.78 is 5.35. The molecule has 1 aromatic rings. The predicted molar refractivity (Wildman–Crippen MR) is 120 cm³/mol. The smallest absolute Gasteiger partial charge is 0.219 e. The highest BCUT2D eigenvalue weighted by molar-refractivity contribution is 5.75. The number of nitrogens with two attached hydrogens (primary N) is 1. The second-order valence-corrected chi connectivity index (χ2v) is 6.99. The zero-order chi connectivity index (χ0) is 21.7. The van der Waals surface area contributed by atoms with E-state index in [0.717, 1.165) is 44.8 Å². The van der Waals surface area contributed by atoms with Crippen LogP contribution in [-0.2, 0) is 27.3 Å². The van der Waals surface area contributed by atoms with E-state index in [1.165, 1.54) is 31.2 Å². The first-order valence-electron chi connectivity index (χ1n) is 10.9. The SMILES string of the molecule is CCC(=O)NCc1ccc(CCN2CCOCC2)cc1.CCCCCC.NC=O. The number of nitrogens with one attached hydrogen (secondary N) is 1. The van der Waals surface area contributed by atoms with Crippen molar-refractivity contribution in [1.82, 2.24) is 10.2 Å². The minimum atomic E-state index is 0.0985. The average Bonchev–Trinajstić information content (AvgIpc) is 2.77. The van der Waals surface area contributed by atoms with Gasteiger partial charge in [0.25, 0.3) is 0 Å². The molecule has 6 heteroatoms. The van der Waals surface area contributed by atoms with Crippen molar-refractivity contribution >= 4 is 12.3 Å². The van der Waals surface area contributed by atoms with E-state index in [2.05, 4.69) is 54.1 Å². The van der Waals surface area contributed by atoms with Crippen LogP contribution >= 0.6 is 0 Å². The van der Waals surface area contributed by atoms with Gasteiger partial charge < -0.3 is 15.8 Å². The standard InChI is InChI=1S/C16H24N2O2.C6H14.CH3NO/c1-2-16(19)17-13-15-5-3-14(4-6-15)7-8-18-9-11-20-12-10-18;1-3-5-6-4-2;2-1-3/h3-6H,2,7-13H2,1H3,(H,17,19);3-6H2,1-2H3;1H,(H2,2,3). The van der Waals surface area contributed by atoms with Gasteiger partial charge in [0, 0.05) is 32.6 Å². The van der Waals surface area contributed by atoms with Crippen LogP contribution in [0.2, 0.25) is 0 Å². The molecule has 0 bridgehead atoms. The third-order valence-electron chi connectivity index (χ3n) is 4.61. The molecule has 1 heterocycles. The van der Waals surface area contributed by atoms with Crippen LogP contribution in [0.1, 0.15) is 64.0 Å². The largest absolute Gasteiger partial charge is 0.379 e. The Morgan fingerprint density at radius 3 is 2.07 bits per heavy atom. The van der Waals surface area contributed by atoms with Gasteiger partial charge in [-0.15, -0.1) is 0 Å². The summed E-state index contributed by atoms with van der Waals surface area (Å²) in [5.41, 5.74) is 6.67. The number of nitrogens with zero attached hydrogens (tertiary/aromatic N) is 1. The van der Waals surface area contributed by atoms with Gasteiger partial charge in [0.05, 0.1) is 13.2 Å². The molecular formula is C23H41N3O3. The molecule has 1 aliphatic rings. The third kappa shape index (κ3) is 15.7. The zero-order valence-corrected chi connectivity index (χ0v) is 18.6. The lowest BCUT2D eigenvalue weighted by Gasteiger charge is -2.26. The van der Waals surface area contributed by atoms with Gasteiger partial charge in [-0.1, -0.05) is 70.7 Å². The van der Waals surface area contributed by atoms with Gasteiger partial charge in [-0.3, -0.25) is 14.5 Å². The summed E-state index contributed by atoms with van der Waals surface area (Å²) in [4.78, 5) is 22.2. The zero-order valence-electron chi connectivity index (χ0n) is 18.6. The summed E-state index contributed by atoms with van der Waals surface area (Å²) in [6.45, 7) is 11.8. The molecule has 1 saturated heterocycles. The maximum Gasteiger partial charge on any atom is 0.219 e. The molecule has 0 spiro atoms. The Hall–Kier alpha value is -1.92. The van der Waals surface area contributed by atoms with E-state index in [1.807, 2.05) is 6.92 Å². The number of rotatable bonds is 9. The molecule has 0 aromatic heterocycles. The first kappa shape index (κ1) is 27.1. The minimum absolute atomic E-state index is 0.0985. The summed E-state index contributed by atoms with van der Waals surface area (Å²) in [6, 6.07) is 8.52.